The first-order chi connectivity index (χ1) is 11.9. The Morgan fingerprint density at radius 3 is 2.60 bits per heavy atom. The van der Waals surface area contributed by atoms with Crippen molar-refractivity contribution in [1.82, 2.24) is 4.98 Å². The van der Waals surface area contributed by atoms with Gasteiger partial charge in [0, 0.05) is 22.5 Å². The van der Waals surface area contributed by atoms with Crippen LogP contribution in [-0.2, 0) is 16.4 Å². The summed E-state index contributed by atoms with van der Waals surface area (Å²) in [5.41, 5.74) is 4.91. The van der Waals surface area contributed by atoms with E-state index in [0.717, 1.165) is 39.5 Å². The number of thiazole rings is 1. The molecule has 3 aromatic rings. The Morgan fingerprint density at radius 2 is 1.88 bits per heavy atom. The summed E-state index contributed by atoms with van der Waals surface area (Å²) in [4.78, 5) is 4.75. The quantitative estimate of drug-likeness (QED) is 0.695. The molecule has 1 aromatic heterocycles. The molecule has 0 fully saturated rings. The molecular formula is C19H18N2O2S2. The molecule has 0 saturated carbocycles. The zero-order valence-corrected chi connectivity index (χ0v) is 15.6. The van der Waals surface area contributed by atoms with Crippen LogP contribution in [0.25, 0.3) is 21.8 Å². The van der Waals surface area contributed by atoms with E-state index in [0.29, 0.717) is 0 Å². The molecule has 0 unspecified atom stereocenters. The molecule has 1 aliphatic rings. The third-order valence-electron chi connectivity index (χ3n) is 4.41. The molecule has 6 heteroatoms. The first kappa shape index (κ1) is 16.3. The van der Waals surface area contributed by atoms with Crippen molar-refractivity contribution in [2.75, 3.05) is 10.6 Å². The van der Waals surface area contributed by atoms with Gasteiger partial charge in [0.2, 0.25) is 10.0 Å². The van der Waals surface area contributed by atoms with Crippen LogP contribution in [0.2, 0.25) is 0 Å². The van der Waals surface area contributed by atoms with Crippen LogP contribution in [0.3, 0.4) is 0 Å². The van der Waals surface area contributed by atoms with Crippen molar-refractivity contribution in [3.63, 3.8) is 0 Å². The highest BCUT2D eigenvalue weighted by Crippen LogP contribution is 2.37. The lowest BCUT2D eigenvalue weighted by molar-refractivity contribution is 0.590. The van der Waals surface area contributed by atoms with Gasteiger partial charge in [0.15, 0.2) is 0 Å². The fraction of sp³-hybridized carbons (Fsp3) is 0.211. The van der Waals surface area contributed by atoms with E-state index in [1.165, 1.54) is 10.6 Å². The topological polar surface area (TPSA) is 50.3 Å². The predicted octanol–water partition coefficient (Wildman–Crippen LogP) is 4.19. The van der Waals surface area contributed by atoms with Gasteiger partial charge >= 0.3 is 0 Å². The van der Waals surface area contributed by atoms with Gasteiger partial charge in [0.05, 0.1) is 17.6 Å². The van der Waals surface area contributed by atoms with Gasteiger partial charge < -0.3 is 0 Å². The zero-order chi connectivity index (χ0) is 17.6. The molecule has 0 bridgehead atoms. The van der Waals surface area contributed by atoms with Crippen molar-refractivity contribution in [2.45, 2.75) is 19.4 Å². The number of nitrogens with zero attached hydrogens (tertiary/aromatic N) is 2. The van der Waals surface area contributed by atoms with Gasteiger partial charge in [-0.2, -0.15) is 0 Å². The first-order valence-corrected chi connectivity index (χ1v) is 10.8. The number of hydrogen-bond acceptors (Lipinski definition) is 4. The van der Waals surface area contributed by atoms with Crippen LogP contribution in [0.15, 0.2) is 53.9 Å². The van der Waals surface area contributed by atoms with E-state index in [2.05, 4.69) is 23.6 Å². The van der Waals surface area contributed by atoms with E-state index in [1.807, 2.05) is 37.3 Å². The largest absolute Gasteiger partial charge is 0.267 e. The van der Waals surface area contributed by atoms with Crippen LogP contribution in [0.5, 0.6) is 0 Å². The van der Waals surface area contributed by atoms with Gasteiger partial charge in [0.25, 0.3) is 0 Å². The Balaban J connectivity index is 1.71. The normalized spacial score (nSPS) is 16.9. The Hall–Kier alpha value is -2.18. The van der Waals surface area contributed by atoms with Crippen LogP contribution in [0.4, 0.5) is 5.69 Å². The van der Waals surface area contributed by atoms with E-state index >= 15 is 0 Å². The smallest absolute Gasteiger partial charge is 0.232 e. The fourth-order valence-electron chi connectivity index (χ4n) is 3.39. The van der Waals surface area contributed by atoms with Gasteiger partial charge in [-0.25, -0.2) is 13.4 Å². The summed E-state index contributed by atoms with van der Waals surface area (Å²) in [6.45, 7) is 1.94. The third kappa shape index (κ3) is 2.96. The monoisotopic (exact) mass is 370 g/mol. The molecule has 128 valence electrons. The fourth-order valence-corrected chi connectivity index (χ4v) is 5.49. The summed E-state index contributed by atoms with van der Waals surface area (Å²) in [7, 11) is -3.25. The molecule has 4 nitrogen and oxygen atoms in total. The molecular weight excluding hydrogens is 352 g/mol. The third-order valence-corrected chi connectivity index (χ3v) is 6.57. The summed E-state index contributed by atoms with van der Waals surface area (Å²) in [5, 5.41) is 3.04. The average molecular weight is 370 g/mol. The Kier molecular flexibility index (Phi) is 3.89. The number of sulfonamides is 1. The van der Waals surface area contributed by atoms with Gasteiger partial charge in [-0.3, -0.25) is 4.31 Å². The molecule has 4 rings (SSSR count). The van der Waals surface area contributed by atoms with Crippen LogP contribution >= 0.6 is 11.3 Å². The molecule has 0 saturated heterocycles. The second-order valence-electron chi connectivity index (χ2n) is 6.36. The molecule has 2 aromatic carbocycles. The van der Waals surface area contributed by atoms with E-state index in [1.54, 1.807) is 11.3 Å². The lowest BCUT2D eigenvalue weighted by atomic mass is 10.1. The summed E-state index contributed by atoms with van der Waals surface area (Å²) >= 11 is 1.62. The van der Waals surface area contributed by atoms with E-state index in [-0.39, 0.29) is 6.04 Å². The van der Waals surface area contributed by atoms with E-state index < -0.39 is 10.0 Å². The molecule has 25 heavy (non-hydrogen) atoms. The molecule has 2 heterocycles. The van der Waals surface area contributed by atoms with Crippen molar-refractivity contribution < 1.29 is 8.42 Å². The van der Waals surface area contributed by atoms with Crippen molar-refractivity contribution in [3.8, 4) is 21.8 Å². The van der Waals surface area contributed by atoms with Crippen LogP contribution in [-0.4, -0.2) is 25.7 Å². The molecule has 0 N–H and O–H groups in total. The van der Waals surface area contributed by atoms with Crippen LogP contribution in [0.1, 0.15) is 12.5 Å². The molecule has 0 aliphatic carbocycles. The highest BCUT2D eigenvalue weighted by molar-refractivity contribution is 7.92. The summed E-state index contributed by atoms with van der Waals surface area (Å²) in [6.07, 6.45) is 1.99. The maximum Gasteiger partial charge on any atom is 0.232 e. The number of fused-ring (bicyclic) bond motifs is 1. The van der Waals surface area contributed by atoms with Gasteiger partial charge in [-0.15, -0.1) is 11.3 Å². The maximum absolute atomic E-state index is 12.0. The first-order valence-electron chi connectivity index (χ1n) is 8.07. The SMILES string of the molecule is C[C@@H]1Cc2cc(-c3csc(-c4ccccc4)n3)ccc2N1S(C)(=O)=O. The van der Waals surface area contributed by atoms with Crippen molar-refractivity contribution >= 4 is 27.0 Å². The van der Waals surface area contributed by atoms with Crippen molar-refractivity contribution in [3.05, 3.63) is 59.5 Å². The Bertz CT molecular complexity index is 1030. The standard InChI is InChI=1S/C19H18N2O2S2/c1-13-10-16-11-15(8-9-18(16)21(13)25(2,22)23)17-12-24-19(20-17)14-6-4-3-5-7-14/h3-9,11-13H,10H2,1-2H3/t13-/m1/s1. The lowest BCUT2D eigenvalue weighted by Crippen LogP contribution is -2.34. The minimum atomic E-state index is -3.25. The van der Waals surface area contributed by atoms with E-state index in [9.17, 15) is 8.42 Å². The number of rotatable bonds is 3. The van der Waals surface area contributed by atoms with Gasteiger partial charge in [-0.1, -0.05) is 36.4 Å². The van der Waals surface area contributed by atoms with Gasteiger partial charge in [-0.05, 0) is 31.0 Å². The molecule has 1 aliphatic heterocycles. The number of aromatic nitrogens is 1. The summed E-state index contributed by atoms with van der Waals surface area (Å²) in [5.74, 6) is 0. The van der Waals surface area contributed by atoms with Crippen LogP contribution < -0.4 is 4.31 Å². The highest BCUT2D eigenvalue weighted by Gasteiger charge is 2.32. The zero-order valence-electron chi connectivity index (χ0n) is 14.0. The Morgan fingerprint density at radius 1 is 1.12 bits per heavy atom. The highest BCUT2D eigenvalue weighted by atomic mass is 32.2. The lowest BCUT2D eigenvalue weighted by Gasteiger charge is -2.21. The predicted molar refractivity (Wildman–Crippen MR) is 103 cm³/mol. The number of anilines is 1. The molecule has 0 amide bonds. The number of benzene rings is 2. The number of hydrogen-bond donors (Lipinski definition) is 0. The molecule has 0 spiro atoms. The second kappa shape index (κ2) is 5.97. The van der Waals surface area contributed by atoms with Gasteiger partial charge in [0.1, 0.15) is 5.01 Å². The molecule has 1 atom stereocenters. The second-order valence-corrected chi connectivity index (χ2v) is 9.08. The minimum Gasteiger partial charge on any atom is -0.267 e. The Labute approximate surface area is 151 Å². The minimum absolute atomic E-state index is 0.0458. The summed E-state index contributed by atoms with van der Waals surface area (Å²) < 4.78 is 25.6. The van der Waals surface area contributed by atoms with Crippen LogP contribution in [0, 0.1) is 0 Å². The average Bonchev–Trinajstić information content (AvgIpc) is 3.18. The van der Waals surface area contributed by atoms with Crippen molar-refractivity contribution in [2.24, 2.45) is 0 Å². The molecule has 0 radical (unpaired) electrons. The summed E-state index contributed by atoms with van der Waals surface area (Å²) in [6, 6.07) is 16.0. The van der Waals surface area contributed by atoms with E-state index in [4.69, 9.17) is 4.98 Å². The maximum atomic E-state index is 12.0. The van der Waals surface area contributed by atoms with Crippen molar-refractivity contribution in [1.29, 1.82) is 0 Å².